The molecule has 1 aromatic heterocycles. The maximum atomic E-state index is 12.7. The lowest BCUT2D eigenvalue weighted by molar-refractivity contribution is 0.243. The lowest BCUT2D eigenvalue weighted by Crippen LogP contribution is -2.44. The van der Waals surface area contributed by atoms with Gasteiger partial charge in [0.15, 0.2) is 0 Å². The molecule has 0 aromatic carbocycles. The highest BCUT2D eigenvalue weighted by Gasteiger charge is 2.34. The summed E-state index contributed by atoms with van der Waals surface area (Å²) in [7, 11) is -3.43. The van der Waals surface area contributed by atoms with Crippen molar-refractivity contribution < 1.29 is 8.42 Å². The summed E-state index contributed by atoms with van der Waals surface area (Å²) in [6, 6.07) is 1.70. The van der Waals surface area contributed by atoms with Gasteiger partial charge in [-0.25, -0.2) is 8.42 Å². The number of halogens is 2. The van der Waals surface area contributed by atoms with E-state index in [1.54, 1.807) is 10.4 Å². The van der Waals surface area contributed by atoms with Gasteiger partial charge in [-0.15, -0.1) is 11.3 Å². The average Bonchev–Trinajstić information content (AvgIpc) is 2.70. The molecule has 0 amide bonds. The maximum absolute atomic E-state index is 12.7. The van der Waals surface area contributed by atoms with Crippen molar-refractivity contribution >= 4 is 53.2 Å². The molecule has 19 heavy (non-hydrogen) atoms. The maximum Gasteiger partial charge on any atom is 0.245 e. The van der Waals surface area contributed by atoms with Crippen LogP contribution in [0.4, 0.5) is 0 Å². The monoisotopic (exact) mass is 430 g/mol. The molecule has 108 valence electrons. The highest BCUT2D eigenvalue weighted by atomic mass is 79.9. The van der Waals surface area contributed by atoms with Gasteiger partial charge in [0.05, 0.1) is 7.57 Å². The highest BCUT2D eigenvalue weighted by Crippen LogP contribution is 2.38. The van der Waals surface area contributed by atoms with E-state index < -0.39 is 10.0 Å². The molecule has 1 fully saturated rings. The van der Waals surface area contributed by atoms with Gasteiger partial charge in [0.1, 0.15) is 4.90 Å². The van der Waals surface area contributed by atoms with Crippen LogP contribution >= 0.6 is 43.2 Å². The summed E-state index contributed by atoms with van der Waals surface area (Å²) in [4.78, 5) is 0.355. The molecule has 4 nitrogen and oxygen atoms in total. The summed E-state index contributed by atoms with van der Waals surface area (Å²) in [5.41, 5.74) is 5.60. The molecule has 1 aliphatic heterocycles. The van der Waals surface area contributed by atoms with E-state index in [1.807, 2.05) is 0 Å². The number of hydrogen-bond acceptors (Lipinski definition) is 4. The van der Waals surface area contributed by atoms with Gasteiger partial charge in [-0.1, -0.05) is 6.42 Å². The zero-order valence-corrected chi connectivity index (χ0v) is 15.1. The lowest BCUT2D eigenvalue weighted by Gasteiger charge is -2.34. The molecular formula is C11H16Br2N2O2S2. The number of thiophene rings is 1. The Bertz CT molecular complexity index is 543. The third kappa shape index (κ3) is 3.41. The predicted molar refractivity (Wildman–Crippen MR) is 84.9 cm³/mol. The topological polar surface area (TPSA) is 63.4 Å². The van der Waals surface area contributed by atoms with Crippen molar-refractivity contribution in [2.24, 2.45) is 5.73 Å². The Morgan fingerprint density at radius 3 is 2.74 bits per heavy atom. The standard InChI is InChI=1S/C11H16Br2N2O2S2/c12-10-7-9(11(13)18-10)19(16,17)15-6-2-1-3-8(15)4-5-14/h7-8H,1-6,14H2. The Morgan fingerprint density at radius 2 is 2.16 bits per heavy atom. The molecule has 0 bridgehead atoms. The Kier molecular flexibility index (Phi) is 5.47. The SMILES string of the molecule is NCCC1CCCCN1S(=O)(=O)c1cc(Br)sc1Br. The van der Waals surface area contributed by atoms with Gasteiger partial charge in [-0.3, -0.25) is 0 Å². The minimum absolute atomic E-state index is 0.0364. The van der Waals surface area contributed by atoms with E-state index in [1.165, 1.54) is 11.3 Å². The van der Waals surface area contributed by atoms with Gasteiger partial charge in [-0.2, -0.15) is 4.31 Å². The van der Waals surface area contributed by atoms with E-state index in [9.17, 15) is 8.42 Å². The van der Waals surface area contributed by atoms with E-state index in [2.05, 4.69) is 31.9 Å². The molecule has 0 saturated carbocycles. The second kappa shape index (κ2) is 6.53. The van der Waals surface area contributed by atoms with Crippen LogP contribution in [0.2, 0.25) is 0 Å². The molecule has 2 N–H and O–H groups in total. The number of hydrogen-bond donors (Lipinski definition) is 1. The molecule has 0 aliphatic carbocycles. The minimum atomic E-state index is -3.43. The summed E-state index contributed by atoms with van der Waals surface area (Å²) >= 11 is 8.04. The lowest BCUT2D eigenvalue weighted by atomic mass is 10.0. The number of sulfonamides is 1. The van der Waals surface area contributed by atoms with Gasteiger partial charge in [0.2, 0.25) is 10.0 Å². The van der Waals surface area contributed by atoms with Crippen LogP contribution in [0.1, 0.15) is 25.7 Å². The Balaban J connectivity index is 2.34. The number of piperidine rings is 1. The summed E-state index contributed by atoms with van der Waals surface area (Å²) < 4.78 is 28.6. The molecule has 0 spiro atoms. The van der Waals surface area contributed by atoms with E-state index in [0.717, 1.165) is 29.5 Å². The van der Waals surface area contributed by atoms with Crippen LogP contribution in [0.5, 0.6) is 0 Å². The van der Waals surface area contributed by atoms with Gasteiger partial charge in [-0.05, 0) is 63.7 Å². The van der Waals surface area contributed by atoms with Crippen LogP contribution in [0.15, 0.2) is 18.5 Å². The molecule has 1 unspecified atom stereocenters. The number of nitrogens with two attached hydrogens (primary N) is 1. The van der Waals surface area contributed by atoms with E-state index >= 15 is 0 Å². The normalized spacial score (nSPS) is 21.7. The zero-order chi connectivity index (χ0) is 14.0. The van der Waals surface area contributed by atoms with Crippen molar-refractivity contribution in [2.45, 2.75) is 36.6 Å². The van der Waals surface area contributed by atoms with Crippen LogP contribution in [0.3, 0.4) is 0 Å². The Labute approximate surface area is 134 Å². The Morgan fingerprint density at radius 1 is 1.42 bits per heavy atom. The molecule has 2 heterocycles. The first-order valence-electron chi connectivity index (χ1n) is 6.13. The van der Waals surface area contributed by atoms with Crippen LogP contribution in [-0.2, 0) is 10.0 Å². The quantitative estimate of drug-likeness (QED) is 0.796. The summed E-state index contributed by atoms with van der Waals surface area (Å²) in [6.07, 6.45) is 3.62. The van der Waals surface area contributed by atoms with Crippen LogP contribution in [-0.4, -0.2) is 31.9 Å². The fourth-order valence-corrected chi connectivity index (χ4v) is 7.89. The van der Waals surface area contributed by atoms with E-state index in [0.29, 0.717) is 21.8 Å². The zero-order valence-electron chi connectivity index (χ0n) is 10.3. The fourth-order valence-electron chi connectivity index (χ4n) is 2.40. The van der Waals surface area contributed by atoms with Crippen molar-refractivity contribution in [1.82, 2.24) is 4.31 Å². The first-order valence-corrected chi connectivity index (χ1v) is 9.98. The van der Waals surface area contributed by atoms with Crippen molar-refractivity contribution in [2.75, 3.05) is 13.1 Å². The van der Waals surface area contributed by atoms with Crippen molar-refractivity contribution in [3.05, 3.63) is 13.6 Å². The first-order chi connectivity index (χ1) is 8.96. The average molecular weight is 432 g/mol. The van der Waals surface area contributed by atoms with Crippen molar-refractivity contribution in [3.63, 3.8) is 0 Å². The summed E-state index contributed by atoms with van der Waals surface area (Å²) in [5.74, 6) is 0. The second-order valence-electron chi connectivity index (χ2n) is 4.53. The number of nitrogens with zero attached hydrogens (tertiary/aromatic N) is 1. The smallest absolute Gasteiger partial charge is 0.245 e. The van der Waals surface area contributed by atoms with E-state index in [-0.39, 0.29) is 6.04 Å². The van der Waals surface area contributed by atoms with Gasteiger partial charge in [0.25, 0.3) is 0 Å². The van der Waals surface area contributed by atoms with Crippen molar-refractivity contribution in [1.29, 1.82) is 0 Å². The predicted octanol–water partition coefficient (Wildman–Crippen LogP) is 3.17. The van der Waals surface area contributed by atoms with Gasteiger partial charge >= 0.3 is 0 Å². The van der Waals surface area contributed by atoms with Crippen LogP contribution in [0.25, 0.3) is 0 Å². The molecule has 1 atom stereocenters. The molecule has 2 rings (SSSR count). The largest absolute Gasteiger partial charge is 0.330 e. The molecule has 1 aromatic rings. The summed E-state index contributed by atoms with van der Waals surface area (Å²) in [5, 5.41) is 0. The third-order valence-corrected chi connectivity index (χ3v) is 7.99. The molecule has 1 saturated heterocycles. The van der Waals surface area contributed by atoms with Gasteiger partial charge in [0, 0.05) is 12.6 Å². The minimum Gasteiger partial charge on any atom is -0.330 e. The summed E-state index contributed by atoms with van der Waals surface area (Å²) in [6.45, 7) is 1.11. The van der Waals surface area contributed by atoms with E-state index in [4.69, 9.17) is 5.73 Å². The van der Waals surface area contributed by atoms with Crippen molar-refractivity contribution in [3.8, 4) is 0 Å². The molecular weight excluding hydrogens is 416 g/mol. The fraction of sp³-hybridized carbons (Fsp3) is 0.636. The van der Waals surface area contributed by atoms with Crippen LogP contribution in [0, 0.1) is 0 Å². The first kappa shape index (κ1) is 15.9. The molecule has 0 radical (unpaired) electrons. The van der Waals surface area contributed by atoms with Gasteiger partial charge < -0.3 is 5.73 Å². The molecule has 8 heteroatoms. The second-order valence-corrected chi connectivity index (χ2v) is 10.1. The Hall–Kier alpha value is 0.530. The number of rotatable bonds is 4. The molecule has 1 aliphatic rings. The highest BCUT2D eigenvalue weighted by molar-refractivity contribution is 9.12. The van der Waals surface area contributed by atoms with Crippen LogP contribution < -0.4 is 5.73 Å². The third-order valence-electron chi connectivity index (χ3n) is 3.29.